The molecule has 1 aromatic carbocycles. The number of carbonyl (C=O) groups excluding carboxylic acids is 1. The summed E-state index contributed by atoms with van der Waals surface area (Å²) in [6.07, 6.45) is 3.52. The Kier molecular flexibility index (Phi) is 7.59. The predicted molar refractivity (Wildman–Crippen MR) is 138 cm³/mol. The number of ether oxygens (including phenoxy) is 1. The van der Waals surface area contributed by atoms with E-state index < -0.39 is 10.3 Å². The van der Waals surface area contributed by atoms with Crippen LogP contribution in [-0.2, 0) is 16.1 Å². The van der Waals surface area contributed by atoms with E-state index in [1.807, 2.05) is 56.3 Å². The van der Waals surface area contributed by atoms with Crippen LogP contribution in [0.2, 0.25) is 0 Å². The fourth-order valence-electron chi connectivity index (χ4n) is 4.66. The first-order valence-electron chi connectivity index (χ1n) is 12.0. The lowest BCUT2D eigenvalue weighted by atomic mass is 9.73. The van der Waals surface area contributed by atoms with E-state index in [1.54, 1.807) is 12.3 Å². The molecule has 2 aromatic heterocycles. The molecule has 0 unspecified atom stereocenters. The molecule has 0 saturated carbocycles. The number of methoxy groups -OCH3 is 1. The minimum absolute atomic E-state index is 0.100. The van der Waals surface area contributed by atoms with Gasteiger partial charge in [0.25, 0.3) is 0 Å². The number of nitrogens with one attached hydrogen (secondary N) is 1. The monoisotopic (exact) mass is 489 g/mol. The first-order chi connectivity index (χ1) is 17.3. The number of piperidine rings is 1. The van der Waals surface area contributed by atoms with Gasteiger partial charge < -0.3 is 10.1 Å². The van der Waals surface area contributed by atoms with Crippen LogP contribution < -0.4 is 5.32 Å². The number of rotatable bonds is 8. The van der Waals surface area contributed by atoms with Crippen LogP contribution in [0.15, 0.2) is 60.8 Å². The Balaban J connectivity index is 1.40. The number of hydrogen-bond acceptors (Lipinski definition) is 8. The molecule has 4 rings (SSSR count). The maximum absolute atomic E-state index is 12.1. The molecular formula is C27H31N5O4. The standard InChI is InChI=1S/C27H31N5O4/c1-27(2,26(33)36-3)20-13-15-31(16-14-20)18-22-10-9-21(17-28-22)29-25-24(32(34)35)12-11-23(30-25)19-7-5-4-6-8-19/h4-12,17,20H,13-16,18H2,1-3H3,(H,29,30). The summed E-state index contributed by atoms with van der Waals surface area (Å²) < 4.78 is 4.98. The first kappa shape index (κ1) is 25.2. The van der Waals surface area contributed by atoms with Crippen LogP contribution in [0.3, 0.4) is 0 Å². The Hall–Kier alpha value is -3.85. The molecule has 1 saturated heterocycles. The quantitative estimate of drug-likeness (QED) is 0.261. The van der Waals surface area contributed by atoms with Gasteiger partial charge in [-0.3, -0.25) is 24.8 Å². The maximum atomic E-state index is 12.1. The Morgan fingerprint density at radius 3 is 2.47 bits per heavy atom. The Bertz CT molecular complexity index is 1210. The molecule has 188 valence electrons. The summed E-state index contributed by atoms with van der Waals surface area (Å²) in [6.45, 7) is 6.39. The van der Waals surface area contributed by atoms with Crippen molar-refractivity contribution >= 4 is 23.2 Å². The third-order valence-corrected chi connectivity index (χ3v) is 6.93. The van der Waals surface area contributed by atoms with Crippen molar-refractivity contribution in [2.75, 3.05) is 25.5 Å². The highest BCUT2D eigenvalue weighted by atomic mass is 16.6. The molecule has 0 radical (unpaired) electrons. The van der Waals surface area contributed by atoms with E-state index in [-0.39, 0.29) is 23.4 Å². The number of likely N-dealkylation sites (tertiary alicyclic amines) is 1. The maximum Gasteiger partial charge on any atom is 0.311 e. The zero-order valence-electron chi connectivity index (χ0n) is 20.8. The molecule has 3 heterocycles. The van der Waals surface area contributed by atoms with Crippen LogP contribution in [0.5, 0.6) is 0 Å². The molecular weight excluding hydrogens is 458 g/mol. The topological polar surface area (TPSA) is 110 Å². The summed E-state index contributed by atoms with van der Waals surface area (Å²) in [5.74, 6) is 0.302. The van der Waals surface area contributed by atoms with E-state index in [1.165, 1.54) is 13.2 Å². The zero-order chi connectivity index (χ0) is 25.7. The largest absolute Gasteiger partial charge is 0.469 e. The third kappa shape index (κ3) is 5.68. The molecule has 9 nitrogen and oxygen atoms in total. The fourth-order valence-corrected chi connectivity index (χ4v) is 4.66. The van der Waals surface area contributed by atoms with Crippen molar-refractivity contribution in [1.29, 1.82) is 0 Å². The number of nitro groups is 1. The number of pyridine rings is 2. The average Bonchev–Trinajstić information content (AvgIpc) is 2.90. The van der Waals surface area contributed by atoms with Gasteiger partial charge in [-0.1, -0.05) is 30.3 Å². The highest BCUT2D eigenvalue weighted by Gasteiger charge is 2.39. The number of anilines is 2. The second kappa shape index (κ2) is 10.8. The van der Waals surface area contributed by atoms with Crippen molar-refractivity contribution in [3.05, 3.63) is 76.6 Å². The summed E-state index contributed by atoms with van der Waals surface area (Å²) in [5.41, 5.74) is 2.47. The summed E-state index contributed by atoms with van der Waals surface area (Å²) in [6, 6.07) is 16.4. The molecule has 36 heavy (non-hydrogen) atoms. The Labute approximate surface area is 210 Å². The molecule has 0 spiro atoms. The molecule has 0 atom stereocenters. The lowest BCUT2D eigenvalue weighted by Crippen LogP contribution is -2.42. The van der Waals surface area contributed by atoms with Crippen LogP contribution in [0.1, 0.15) is 32.4 Å². The Morgan fingerprint density at radius 1 is 1.14 bits per heavy atom. The fraction of sp³-hybridized carbons (Fsp3) is 0.370. The van der Waals surface area contributed by atoms with Crippen molar-refractivity contribution in [1.82, 2.24) is 14.9 Å². The normalized spacial score (nSPS) is 14.9. The molecule has 1 fully saturated rings. The van der Waals surface area contributed by atoms with Crippen molar-refractivity contribution in [3.8, 4) is 11.3 Å². The lowest BCUT2D eigenvalue weighted by Gasteiger charge is -2.38. The second-order valence-electron chi connectivity index (χ2n) is 9.61. The van der Waals surface area contributed by atoms with Gasteiger partial charge in [-0.05, 0) is 63.9 Å². The van der Waals surface area contributed by atoms with Gasteiger partial charge in [0, 0.05) is 18.2 Å². The van der Waals surface area contributed by atoms with Crippen molar-refractivity contribution in [2.24, 2.45) is 11.3 Å². The highest BCUT2D eigenvalue weighted by Crippen LogP contribution is 2.36. The third-order valence-electron chi connectivity index (χ3n) is 6.93. The molecule has 0 bridgehead atoms. The lowest BCUT2D eigenvalue weighted by molar-refractivity contribution is -0.384. The van der Waals surface area contributed by atoms with Crippen molar-refractivity contribution < 1.29 is 14.5 Å². The first-order valence-corrected chi connectivity index (χ1v) is 12.0. The van der Waals surface area contributed by atoms with E-state index in [2.05, 4.69) is 20.2 Å². The van der Waals surface area contributed by atoms with Gasteiger partial charge in [0.15, 0.2) is 0 Å². The summed E-state index contributed by atoms with van der Waals surface area (Å²) in [7, 11) is 1.44. The van der Waals surface area contributed by atoms with Crippen LogP contribution in [0, 0.1) is 21.4 Å². The van der Waals surface area contributed by atoms with Crippen LogP contribution in [0.25, 0.3) is 11.3 Å². The van der Waals surface area contributed by atoms with Crippen molar-refractivity contribution in [3.63, 3.8) is 0 Å². The number of esters is 1. The van der Waals surface area contributed by atoms with Gasteiger partial charge in [-0.2, -0.15) is 0 Å². The van der Waals surface area contributed by atoms with Crippen LogP contribution in [0.4, 0.5) is 17.2 Å². The predicted octanol–water partition coefficient (Wildman–Crippen LogP) is 5.21. The second-order valence-corrected chi connectivity index (χ2v) is 9.61. The van der Waals surface area contributed by atoms with Gasteiger partial charge in [-0.25, -0.2) is 4.98 Å². The van der Waals surface area contributed by atoms with E-state index in [0.717, 1.165) is 37.2 Å². The van der Waals surface area contributed by atoms with E-state index in [0.29, 0.717) is 17.9 Å². The zero-order valence-corrected chi connectivity index (χ0v) is 20.8. The van der Waals surface area contributed by atoms with E-state index >= 15 is 0 Å². The smallest absolute Gasteiger partial charge is 0.311 e. The van der Waals surface area contributed by atoms with Crippen molar-refractivity contribution in [2.45, 2.75) is 33.2 Å². The van der Waals surface area contributed by atoms with E-state index in [4.69, 9.17) is 4.74 Å². The van der Waals surface area contributed by atoms with Crippen LogP contribution in [-0.4, -0.2) is 46.0 Å². The highest BCUT2D eigenvalue weighted by molar-refractivity contribution is 5.76. The SMILES string of the molecule is COC(=O)C(C)(C)C1CCN(Cc2ccc(Nc3nc(-c4ccccc4)ccc3[N+](=O)[O-])cn2)CC1. The minimum Gasteiger partial charge on any atom is -0.469 e. The van der Waals surface area contributed by atoms with Gasteiger partial charge in [-0.15, -0.1) is 0 Å². The number of hydrogen-bond donors (Lipinski definition) is 1. The molecule has 0 aliphatic carbocycles. The molecule has 1 N–H and O–H groups in total. The van der Waals surface area contributed by atoms with Gasteiger partial charge in [0.2, 0.25) is 5.82 Å². The number of carbonyl (C=O) groups is 1. The van der Waals surface area contributed by atoms with Gasteiger partial charge in [0.1, 0.15) is 0 Å². The molecule has 9 heteroatoms. The number of aromatic nitrogens is 2. The molecule has 1 aliphatic rings. The molecule has 0 amide bonds. The Morgan fingerprint density at radius 2 is 1.86 bits per heavy atom. The number of benzene rings is 1. The molecule has 3 aromatic rings. The summed E-state index contributed by atoms with van der Waals surface area (Å²) in [4.78, 5) is 34.6. The number of nitrogens with zero attached hydrogens (tertiary/aromatic N) is 4. The average molecular weight is 490 g/mol. The minimum atomic E-state index is -0.485. The van der Waals surface area contributed by atoms with E-state index in [9.17, 15) is 14.9 Å². The van der Waals surface area contributed by atoms with Crippen LogP contribution >= 0.6 is 0 Å². The molecule has 1 aliphatic heterocycles. The summed E-state index contributed by atoms with van der Waals surface area (Å²) in [5, 5.41) is 14.6. The van der Waals surface area contributed by atoms with Gasteiger partial charge >= 0.3 is 11.7 Å². The summed E-state index contributed by atoms with van der Waals surface area (Å²) >= 11 is 0. The van der Waals surface area contributed by atoms with Gasteiger partial charge in [0.05, 0.1) is 40.7 Å².